The van der Waals surface area contributed by atoms with Crippen LogP contribution in [0.2, 0.25) is 0 Å². The normalized spacial score (nSPS) is 11.9. The van der Waals surface area contributed by atoms with Crippen molar-refractivity contribution in [2.45, 2.75) is 37.0 Å². The van der Waals surface area contributed by atoms with Gasteiger partial charge in [-0.1, -0.05) is 20.8 Å². The first-order valence-corrected chi connectivity index (χ1v) is 5.73. The van der Waals surface area contributed by atoms with Gasteiger partial charge in [-0.2, -0.15) is 8.78 Å². The summed E-state index contributed by atoms with van der Waals surface area (Å²) in [6.45, 7) is 2.76. The van der Waals surface area contributed by atoms with E-state index in [9.17, 15) is 13.2 Å². The van der Waals surface area contributed by atoms with Crippen molar-refractivity contribution in [3.8, 4) is 5.75 Å². The molecule has 0 spiro atoms. The van der Waals surface area contributed by atoms with Crippen LogP contribution >= 0.6 is 11.8 Å². The highest BCUT2D eigenvalue weighted by molar-refractivity contribution is 8.00. The smallest absolute Gasteiger partial charge is 0.387 e. The molecular weight excluding hydrogens is 251 g/mol. The van der Waals surface area contributed by atoms with Crippen molar-refractivity contribution in [1.29, 1.82) is 0 Å². The number of benzene rings is 1. The zero-order valence-corrected chi connectivity index (χ0v) is 10.6. The number of halogens is 3. The fourth-order valence-electron chi connectivity index (χ4n) is 1.15. The first kappa shape index (κ1) is 14.0. The third kappa shape index (κ3) is 4.38. The molecule has 96 valence electrons. The summed E-state index contributed by atoms with van der Waals surface area (Å²) in [4.78, 5) is 0.523. The van der Waals surface area contributed by atoms with Crippen molar-refractivity contribution in [1.82, 2.24) is 0 Å². The first-order valence-electron chi connectivity index (χ1n) is 4.92. The number of hydrogen-bond donors (Lipinski definition) is 1. The Hall–Kier alpha value is -1.04. The third-order valence-corrected chi connectivity index (χ3v) is 2.88. The van der Waals surface area contributed by atoms with Crippen molar-refractivity contribution >= 4 is 17.4 Å². The number of thioether (sulfide) groups is 1. The van der Waals surface area contributed by atoms with Crippen molar-refractivity contribution in [3.05, 3.63) is 17.9 Å². The molecule has 0 fully saturated rings. The van der Waals surface area contributed by atoms with Crippen LogP contribution in [0.3, 0.4) is 0 Å². The monoisotopic (exact) mass is 265 g/mol. The maximum Gasteiger partial charge on any atom is 0.387 e. The fourth-order valence-corrected chi connectivity index (χ4v) is 2.16. The molecule has 0 saturated carbocycles. The number of hydrogen-bond acceptors (Lipinski definition) is 3. The number of alkyl halides is 2. The van der Waals surface area contributed by atoms with Gasteiger partial charge < -0.3 is 10.5 Å². The average Bonchev–Trinajstić information content (AvgIpc) is 2.10. The summed E-state index contributed by atoms with van der Waals surface area (Å²) in [6, 6.07) is 2.19. The van der Waals surface area contributed by atoms with E-state index >= 15 is 0 Å². The molecule has 0 atom stereocenters. The van der Waals surface area contributed by atoms with E-state index < -0.39 is 18.2 Å². The molecule has 1 aromatic rings. The van der Waals surface area contributed by atoms with E-state index in [2.05, 4.69) is 4.74 Å². The van der Waals surface area contributed by atoms with Crippen LogP contribution in [0.1, 0.15) is 20.8 Å². The van der Waals surface area contributed by atoms with Gasteiger partial charge >= 0.3 is 6.61 Å². The lowest BCUT2D eigenvalue weighted by Crippen LogP contribution is -2.09. The van der Waals surface area contributed by atoms with E-state index in [4.69, 9.17) is 5.73 Å². The number of nitrogen functional groups attached to an aromatic ring is 1. The molecule has 0 aliphatic rings. The zero-order chi connectivity index (χ0) is 13.2. The van der Waals surface area contributed by atoms with Crippen molar-refractivity contribution in [3.63, 3.8) is 0 Å². The van der Waals surface area contributed by atoms with E-state index in [1.54, 1.807) is 0 Å². The Bertz CT molecular complexity index is 404. The number of anilines is 1. The molecule has 0 unspecified atom stereocenters. The third-order valence-electron chi connectivity index (χ3n) is 1.70. The molecular formula is C11H14F3NOS. The summed E-state index contributed by atoms with van der Waals surface area (Å²) in [7, 11) is 0. The summed E-state index contributed by atoms with van der Waals surface area (Å²) in [5.41, 5.74) is 5.84. The van der Waals surface area contributed by atoms with Crippen LogP contribution in [-0.2, 0) is 0 Å². The predicted molar refractivity (Wildman–Crippen MR) is 63.1 cm³/mol. The van der Waals surface area contributed by atoms with E-state index in [1.165, 1.54) is 17.8 Å². The Morgan fingerprint density at radius 3 is 2.35 bits per heavy atom. The van der Waals surface area contributed by atoms with Gasteiger partial charge in [-0.3, -0.25) is 0 Å². The fraction of sp³-hybridized carbons (Fsp3) is 0.455. The zero-order valence-electron chi connectivity index (χ0n) is 9.76. The predicted octanol–water partition coefficient (Wildman–Crippen LogP) is 3.90. The highest BCUT2D eigenvalue weighted by Crippen LogP contribution is 2.38. The molecule has 0 bridgehead atoms. The summed E-state index contributed by atoms with van der Waals surface area (Å²) < 4.78 is 41.3. The quantitative estimate of drug-likeness (QED) is 0.665. The van der Waals surface area contributed by atoms with Gasteiger partial charge in [0.15, 0.2) is 11.6 Å². The molecule has 0 aromatic heterocycles. The molecule has 17 heavy (non-hydrogen) atoms. The number of ether oxygens (including phenoxy) is 1. The maximum atomic E-state index is 13.3. The van der Waals surface area contributed by atoms with Gasteiger partial charge in [0.05, 0.1) is 0 Å². The maximum absolute atomic E-state index is 13.3. The Balaban J connectivity index is 3.06. The minimum atomic E-state index is -3.05. The van der Waals surface area contributed by atoms with Crippen molar-refractivity contribution in [2.24, 2.45) is 0 Å². The van der Waals surface area contributed by atoms with Crippen LogP contribution in [0.15, 0.2) is 17.0 Å². The minimum absolute atomic E-state index is 0.159. The van der Waals surface area contributed by atoms with E-state index in [1.807, 2.05) is 20.8 Å². The van der Waals surface area contributed by atoms with Crippen molar-refractivity contribution < 1.29 is 17.9 Å². The van der Waals surface area contributed by atoms with E-state index in [0.29, 0.717) is 4.90 Å². The largest absolute Gasteiger partial charge is 0.432 e. The summed E-state index contributed by atoms with van der Waals surface area (Å²) in [5, 5.41) is 0. The van der Waals surface area contributed by atoms with Crippen LogP contribution < -0.4 is 10.5 Å². The van der Waals surface area contributed by atoms with Gasteiger partial charge in [-0.05, 0) is 6.07 Å². The molecule has 0 saturated heterocycles. The Morgan fingerprint density at radius 2 is 1.88 bits per heavy atom. The summed E-state index contributed by atoms with van der Waals surface area (Å²) in [5.74, 6) is -1.37. The van der Waals surface area contributed by atoms with E-state index in [-0.39, 0.29) is 10.4 Å². The molecule has 6 heteroatoms. The molecule has 2 N–H and O–H groups in total. The van der Waals surface area contributed by atoms with Gasteiger partial charge in [0, 0.05) is 21.4 Å². The second kappa shape index (κ2) is 5.08. The highest BCUT2D eigenvalue weighted by atomic mass is 32.2. The minimum Gasteiger partial charge on any atom is -0.432 e. The van der Waals surface area contributed by atoms with Gasteiger partial charge in [0.25, 0.3) is 0 Å². The average molecular weight is 265 g/mol. The van der Waals surface area contributed by atoms with Crippen LogP contribution in [0.25, 0.3) is 0 Å². The van der Waals surface area contributed by atoms with Gasteiger partial charge in [-0.25, -0.2) is 4.39 Å². The lowest BCUT2D eigenvalue weighted by Gasteiger charge is -2.19. The topological polar surface area (TPSA) is 35.2 Å². The number of nitrogens with two attached hydrogens (primary N) is 1. The molecule has 1 aromatic carbocycles. The van der Waals surface area contributed by atoms with Gasteiger partial charge in [0.1, 0.15) is 0 Å². The Kier molecular flexibility index (Phi) is 4.19. The summed E-state index contributed by atoms with van der Waals surface area (Å²) in [6.07, 6.45) is 0. The molecule has 0 amide bonds. The second-order valence-electron chi connectivity index (χ2n) is 4.41. The summed E-state index contributed by atoms with van der Waals surface area (Å²) >= 11 is 1.36. The van der Waals surface area contributed by atoms with Crippen LogP contribution in [0, 0.1) is 5.82 Å². The molecule has 0 aliphatic carbocycles. The van der Waals surface area contributed by atoms with E-state index in [0.717, 1.165) is 6.07 Å². The SMILES string of the molecule is CC(C)(C)Sc1cc(OC(F)F)c(F)cc1N. The van der Waals surface area contributed by atoms with Crippen LogP contribution in [0.4, 0.5) is 18.9 Å². The Morgan fingerprint density at radius 1 is 1.29 bits per heavy atom. The second-order valence-corrected chi connectivity index (χ2v) is 6.28. The Labute approximate surface area is 102 Å². The molecule has 0 aliphatic heterocycles. The van der Waals surface area contributed by atoms with Gasteiger partial charge in [-0.15, -0.1) is 11.8 Å². The molecule has 0 heterocycles. The molecule has 1 rings (SSSR count). The van der Waals surface area contributed by atoms with Crippen LogP contribution in [-0.4, -0.2) is 11.4 Å². The number of rotatable bonds is 3. The first-order chi connectivity index (χ1) is 7.69. The standard InChI is InChI=1S/C11H14F3NOS/c1-11(2,3)17-9-5-8(16-10(13)14)6(12)4-7(9)15/h4-5,10H,15H2,1-3H3. The van der Waals surface area contributed by atoms with Crippen molar-refractivity contribution in [2.75, 3.05) is 5.73 Å². The lowest BCUT2D eigenvalue weighted by molar-refractivity contribution is -0.0523. The van der Waals surface area contributed by atoms with Gasteiger partial charge in [0.2, 0.25) is 0 Å². The van der Waals surface area contributed by atoms with Crippen LogP contribution in [0.5, 0.6) is 5.75 Å². The molecule has 0 radical (unpaired) electrons. The lowest BCUT2D eigenvalue weighted by atomic mass is 10.2. The molecule has 2 nitrogen and oxygen atoms in total. The highest BCUT2D eigenvalue weighted by Gasteiger charge is 2.18.